The Kier molecular flexibility index (Phi) is 3.92. The molecule has 1 saturated heterocycles. The molecule has 1 aromatic carbocycles. The summed E-state index contributed by atoms with van der Waals surface area (Å²) in [5, 5.41) is 6.17. The summed E-state index contributed by atoms with van der Waals surface area (Å²) in [5.41, 5.74) is 0.208. The highest BCUT2D eigenvalue weighted by molar-refractivity contribution is 9.10. The predicted molar refractivity (Wildman–Crippen MR) is 75.0 cm³/mol. The lowest BCUT2D eigenvalue weighted by Gasteiger charge is -2.23. The molecule has 1 aliphatic heterocycles. The van der Waals surface area contributed by atoms with Gasteiger partial charge in [-0.2, -0.15) is 0 Å². The summed E-state index contributed by atoms with van der Waals surface area (Å²) >= 11 is 3.39. The minimum absolute atomic E-state index is 0.0172. The maximum Gasteiger partial charge on any atom is 0.244 e. The van der Waals surface area contributed by atoms with Crippen LogP contribution in [0.2, 0.25) is 0 Å². The molecule has 5 heteroatoms. The Morgan fingerprint density at radius 2 is 2.33 bits per heavy atom. The molecule has 1 unspecified atom stereocenters. The van der Waals surface area contributed by atoms with E-state index in [0.717, 1.165) is 23.9 Å². The number of carbonyl (C=O) groups is 1. The molecule has 1 aromatic rings. The van der Waals surface area contributed by atoms with Gasteiger partial charge in [-0.3, -0.25) is 4.79 Å². The zero-order valence-corrected chi connectivity index (χ0v) is 12.1. The van der Waals surface area contributed by atoms with Crippen LogP contribution in [0.5, 0.6) is 5.75 Å². The van der Waals surface area contributed by atoms with Crippen LogP contribution in [0.1, 0.15) is 19.8 Å². The zero-order valence-electron chi connectivity index (χ0n) is 10.5. The molecule has 1 fully saturated rings. The Morgan fingerprint density at radius 3 is 2.94 bits per heavy atom. The van der Waals surface area contributed by atoms with E-state index in [1.54, 1.807) is 7.11 Å². The first kappa shape index (κ1) is 13.4. The van der Waals surface area contributed by atoms with Crippen LogP contribution in [0, 0.1) is 0 Å². The molecule has 2 rings (SSSR count). The SMILES string of the molecule is COc1ccc(Br)cc1NC(=O)C1(C)CCCN1. The van der Waals surface area contributed by atoms with Crippen molar-refractivity contribution >= 4 is 27.5 Å². The second kappa shape index (κ2) is 5.28. The maximum atomic E-state index is 12.3. The van der Waals surface area contributed by atoms with E-state index >= 15 is 0 Å². The Hall–Kier alpha value is -1.07. The molecule has 0 aliphatic carbocycles. The van der Waals surface area contributed by atoms with Gasteiger partial charge in [0.05, 0.1) is 18.3 Å². The lowest BCUT2D eigenvalue weighted by molar-refractivity contribution is -0.121. The van der Waals surface area contributed by atoms with Crippen LogP contribution in [0.3, 0.4) is 0 Å². The van der Waals surface area contributed by atoms with Gasteiger partial charge in [0, 0.05) is 4.47 Å². The van der Waals surface area contributed by atoms with Gasteiger partial charge in [0.15, 0.2) is 0 Å². The number of hydrogen-bond acceptors (Lipinski definition) is 3. The number of anilines is 1. The second-order valence-corrected chi connectivity index (χ2v) is 5.58. The highest BCUT2D eigenvalue weighted by Gasteiger charge is 2.36. The maximum absolute atomic E-state index is 12.3. The zero-order chi connectivity index (χ0) is 13.2. The van der Waals surface area contributed by atoms with E-state index in [2.05, 4.69) is 26.6 Å². The van der Waals surface area contributed by atoms with Crippen LogP contribution in [-0.2, 0) is 4.79 Å². The first-order chi connectivity index (χ1) is 8.55. The molecular weight excluding hydrogens is 296 g/mol. The molecule has 0 bridgehead atoms. The van der Waals surface area contributed by atoms with Crippen LogP contribution in [0.15, 0.2) is 22.7 Å². The van der Waals surface area contributed by atoms with Gasteiger partial charge in [-0.15, -0.1) is 0 Å². The number of rotatable bonds is 3. The van der Waals surface area contributed by atoms with Gasteiger partial charge in [0.25, 0.3) is 0 Å². The van der Waals surface area contributed by atoms with Gasteiger partial charge >= 0.3 is 0 Å². The quantitative estimate of drug-likeness (QED) is 0.901. The van der Waals surface area contributed by atoms with E-state index < -0.39 is 5.54 Å². The van der Waals surface area contributed by atoms with Crippen molar-refractivity contribution in [3.8, 4) is 5.75 Å². The molecule has 0 spiro atoms. The summed E-state index contributed by atoms with van der Waals surface area (Å²) in [7, 11) is 1.59. The van der Waals surface area contributed by atoms with E-state index in [0.29, 0.717) is 11.4 Å². The van der Waals surface area contributed by atoms with E-state index in [4.69, 9.17) is 4.74 Å². The van der Waals surface area contributed by atoms with Crippen molar-refractivity contribution in [1.82, 2.24) is 5.32 Å². The Morgan fingerprint density at radius 1 is 1.56 bits per heavy atom. The number of nitrogens with one attached hydrogen (secondary N) is 2. The van der Waals surface area contributed by atoms with Gasteiger partial charge in [-0.1, -0.05) is 15.9 Å². The Balaban J connectivity index is 2.18. The van der Waals surface area contributed by atoms with Crippen molar-refractivity contribution in [2.24, 2.45) is 0 Å². The number of halogens is 1. The van der Waals surface area contributed by atoms with Crippen LogP contribution in [0.4, 0.5) is 5.69 Å². The number of benzene rings is 1. The molecule has 4 nitrogen and oxygen atoms in total. The molecule has 0 aromatic heterocycles. The molecule has 1 heterocycles. The average molecular weight is 313 g/mol. The molecule has 0 saturated carbocycles. The van der Waals surface area contributed by atoms with E-state index in [9.17, 15) is 4.79 Å². The molecule has 1 aliphatic rings. The summed E-state index contributed by atoms with van der Waals surface area (Å²) in [6, 6.07) is 5.54. The third-order valence-corrected chi connectivity index (χ3v) is 3.77. The summed E-state index contributed by atoms with van der Waals surface area (Å²) in [4.78, 5) is 12.3. The van der Waals surface area contributed by atoms with Gasteiger partial charge in [0.2, 0.25) is 5.91 Å². The normalized spacial score (nSPS) is 22.8. The highest BCUT2D eigenvalue weighted by atomic mass is 79.9. The van der Waals surface area contributed by atoms with E-state index in [1.807, 2.05) is 25.1 Å². The van der Waals surface area contributed by atoms with Crippen molar-refractivity contribution in [3.05, 3.63) is 22.7 Å². The molecular formula is C13H17BrN2O2. The van der Waals surface area contributed by atoms with Crippen molar-refractivity contribution in [1.29, 1.82) is 0 Å². The standard InChI is InChI=1S/C13H17BrN2O2/c1-13(6-3-7-15-13)12(17)16-10-8-9(14)4-5-11(10)18-2/h4-5,8,15H,3,6-7H2,1-2H3,(H,16,17). The minimum Gasteiger partial charge on any atom is -0.495 e. The Labute approximate surface area is 115 Å². The third kappa shape index (κ3) is 2.67. The average Bonchev–Trinajstić information content (AvgIpc) is 2.78. The van der Waals surface area contributed by atoms with Gasteiger partial charge in [-0.05, 0) is 44.5 Å². The van der Waals surface area contributed by atoms with Crippen molar-refractivity contribution in [3.63, 3.8) is 0 Å². The van der Waals surface area contributed by atoms with E-state index in [-0.39, 0.29) is 5.91 Å². The number of ether oxygens (including phenoxy) is 1. The van der Waals surface area contributed by atoms with Crippen LogP contribution < -0.4 is 15.4 Å². The molecule has 98 valence electrons. The van der Waals surface area contributed by atoms with E-state index in [1.165, 1.54) is 0 Å². The summed E-state index contributed by atoms with van der Waals surface area (Å²) in [5.74, 6) is 0.643. The van der Waals surface area contributed by atoms with Crippen molar-refractivity contribution in [2.75, 3.05) is 19.0 Å². The van der Waals surface area contributed by atoms with Gasteiger partial charge in [0.1, 0.15) is 5.75 Å². The molecule has 0 radical (unpaired) electrons. The van der Waals surface area contributed by atoms with Crippen molar-refractivity contribution < 1.29 is 9.53 Å². The van der Waals surface area contributed by atoms with Crippen molar-refractivity contribution in [2.45, 2.75) is 25.3 Å². The summed E-state index contributed by atoms with van der Waals surface area (Å²) < 4.78 is 6.15. The molecule has 1 atom stereocenters. The summed E-state index contributed by atoms with van der Waals surface area (Å²) in [6.07, 6.45) is 1.88. The smallest absolute Gasteiger partial charge is 0.244 e. The van der Waals surface area contributed by atoms with Crippen LogP contribution in [0.25, 0.3) is 0 Å². The number of carbonyl (C=O) groups excluding carboxylic acids is 1. The second-order valence-electron chi connectivity index (χ2n) is 4.66. The molecule has 2 N–H and O–H groups in total. The predicted octanol–water partition coefficient (Wildman–Crippen LogP) is 2.54. The van der Waals surface area contributed by atoms with Crippen LogP contribution in [-0.4, -0.2) is 25.1 Å². The number of hydrogen-bond donors (Lipinski definition) is 2. The monoisotopic (exact) mass is 312 g/mol. The lowest BCUT2D eigenvalue weighted by atomic mass is 9.99. The highest BCUT2D eigenvalue weighted by Crippen LogP contribution is 2.29. The fourth-order valence-electron chi connectivity index (χ4n) is 2.13. The first-order valence-electron chi connectivity index (χ1n) is 5.95. The topological polar surface area (TPSA) is 50.4 Å². The first-order valence-corrected chi connectivity index (χ1v) is 6.74. The molecule has 1 amide bonds. The Bertz CT molecular complexity index is 456. The third-order valence-electron chi connectivity index (χ3n) is 3.28. The number of amides is 1. The lowest BCUT2D eigenvalue weighted by Crippen LogP contribution is -2.48. The fraction of sp³-hybridized carbons (Fsp3) is 0.462. The number of methoxy groups -OCH3 is 1. The van der Waals surface area contributed by atoms with Crippen LogP contribution >= 0.6 is 15.9 Å². The van der Waals surface area contributed by atoms with Gasteiger partial charge in [-0.25, -0.2) is 0 Å². The largest absolute Gasteiger partial charge is 0.495 e. The summed E-state index contributed by atoms with van der Waals surface area (Å²) in [6.45, 7) is 2.82. The minimum atomic E-state index is -0.479. The van der Waals surface area contributed by atoms with Gasteiger partial charge < -0.3 is 15.4 Å². The fourth-order valence-corrected chi connectivity index (χ4v) is 2.49. The molecule has 18 heavy (non-hydrogen) atoms.